The van der Waals surface area contributed by atoms with Crippen molar-refractivity contribution in [3.05, 3.63) is 35.9 Å². The number of nitrogens with zero attached hydrogens (tertiary/aromatic N) is 1. The van der Waals surface area contributed by atoms with Crippen LogP contribution in [0.25, 0.3) is 0 Å². The Labute approximate surface area is 132 Å². The van der Waals surface area contributed by atoms with Crippen molar-refractivity contribution in [2.24, 2.45) is 0 Å². The Bertz CT molecular complexity index is 424. The average molecular weight is 306 g/mol. The fourth-order valence-electron chi connectivity index (χ4n) is 2.71. The Balaban J connectivity index is 1.62. The summed E-state index contributed by atoms with van der Waals surface area (Å²) < 4.78 is 0. The van der Waals surface area contributed by atoms with Crippen LogP contribution in [0.1, 0.15) is 31.2 Å². The number of likely N-dealkylation sites (tertiary alicyclic amines) is 1. The van der Waals surface area contributed by atoms with E-state index in [9.17, 15) is 4.79 Å². The lowest BCUT2D eigenvalue weighted by Crippen LogP contribution is -2.45. The van der Waals surface area contributed by atoms with Crippen molar-refractivity contribution in [2.45, 2.75) is 37.5 Å². The van der Waals surface area contributed by atoms with Crippen LogP contribution in [0.3, 0.4) is 0 Å². The van der Waals surface area contributed by atoms with Crippen LogP contribution in [-0.4, -0.2) is 42.7 Å². The molecule has 1 aromatic carbocycles. The SMILES string of the molecule is CN1CCCCC[C@@H]1C(=O)NCCSCc1ccccc1. The second-order valence-electron chi connectivity index (χ2n) is 5.67. The van der Waals surface area contributed by atoms with Gasteiger partial charge in [-0.3, -0.25) is 9.69 Å². The number of likely N-dealkylation sites (N-methyl/N-ethyl adjacent to an activating group) is 1. The number of carbonyl (C=O) groups excluding carboxylic acids is 1. The highest BCUT2D eigenvalue weighted by atomic mass is 32.2. The molecule has 1 aromatic rings. The second kappa shape index (κ2) is 9.11. The van der Waals surface area contributed by atoms with Crippen LogP contribution >= 0.6 is 11.8 Å². The number of hydrogen-bond acceptors (Lipinski definition) is 3. The Morgan fingerprint density at radius 2 is 2.10 bits per heavy atom. The number of hydrogen-bond donors (Lipinski definition) is 1. The lowest BCUT2D eigenvalue weighted by atomic mass is 10.1. The smallest absolute Gasteiger partial charge is 0.237 e. The van der Waals surface area contributed by atoms with Gasteiger partial charge >= 0.3 is 0 Å². The Hall–Kier alpha value is -1.00. The minimum Gasteiger partial charge on any atom is -0.354 e. The highest BCUT2D eigenvalue weighted by molar-refractivity contribution is 7.98. The summed E-state index contributed by atoms with van der Waals surface area (Å²) in [5.41, 5.74) is 1.34. The highest BCUT2D eigenvalue weighted by Crippen LogP contribution is 2.15. The molecule has 4 heteroatoms. The van der Waals surface area contributed by atoms with Gasteiger partial charge in [0.1, 0.15) is 0 Å². The fourth-order valence-corrected chi connectivity index (χ4v) is 3.53. The normalized spacial score (nSPS) is 20.0. The van der Waals surface area contributed by atoms with E-state index in [1.165, 1.54) is 24.8 Å². The number of benzene rings is 1. The molecule has 0 unspecified atom stereocenters. The van der Waals surface area contributed by atoms with E-state index in [1.807, 2.05) is 17.8 Å². The minimum absolute atomic E-state index is 0.0756. The molecular formula is C17H26N2OS. The molecule has 1 heterocycles. The van der Waals surface area contributed by atoms with Crippen molar-refractivity contribution in [2.75, 3.05) is 25.9 Å². The summed E-state index contributed by atoms with van der Waals surface area (Å²) >= 11 is 1.87. The molecule has 1 N–H and O–H groups in total. The summed E-state index contributed by atoms with van der Waals surface area (Å²) in [6.45, 7) is 1.81. The molecule has 3 nitrogen and oxygen atoms in total. The molecule has 1 aliphatic rings. The van der Waals surface area contributed by atoms with E-state index in [0.717, 1.165) is 31.0 Å². The van der Waals surface area contributed by atoms with Crippen LogP contribution in [0.4, 0.5) is 0 Å². The van der Waals surface area contributed by atoms with Crippen molar-refractivity contribution in [1.29, 1.82) is 0 Å². The quantitative estimate of drug-likeness (QED) is 0.820. The second-order valence-corrected chi connectivity index (χ2v) is 6.78. The monoisotopic (exact) mass is 306 g/mol. The van der Waals surface area contributed by atoms with Crippen molar-refractivity contribution in [3.8, 4) is 0 Å². The first-order chi connectivity index (χ1) is 10.3. The third kappa shape index (κ3) is 5.71. The number of amides is 1. The molecule has 1 fully saturated rings. The van der Waals surface area contributed by atoms with Crippen LogP contribution in [0.5, 0.6) is 0 Å². The first-order valence-corrected chi connectivity index (χ1v) is 9.02. The standard InChI is InChI=1S/C17H26N2OS/c1-19-12-7-3-6-10-16(19)17(20)18-11-13-21-14-15-8-4-2-5-9-15/h2,4-5,8-9,16H,3,6-7,10-14H2,1H3,(H,18,20)/t16-/m1/s1. The van der Waals surface area contributed by atoms with Gasteiger partial charge in [0.25, 0.3) is 0 Å². The predicted molar refractivity (Wildman–Crippen MR) is 90.5 cm³/mol. The molecule has 0 aliphatic carbocycles. The molecule has 0 spiro atoms. The largest absolute Gasteiger partial charge is 0.354 e. The van der Waals surface area contributed by atoms with Crippen molar-refractivity contribution in [1.82, 2.24) is 10.2 Å². The van der Waals surface area contributed by atoms with Crippen molar-refractivity contribution >= 4 is 17.7 Å². The van der Waals surface area contributed by atoms with Crippen molar-refractivity contribution in [3.63, 3.8) is 0 Å². The summed E-state index contributed by atoms with van der Waals surface area (Å²) in [6, 6.07) is 10.5. The van der Waals surface area contributed by atoms with E-state index < -0.39 is 0 Å². The number of rotatable bonds is 6. The van der Waals surface area contributed by atoms with Gasteiger partial charge in [-0.05, 0) is 32.0 Å². The van der Waals surface area contributed by atoms with Crippen LogP contribution < -0.4 is 5.32 Å². The van der Waals surface area contributed by atoms with Crippen LogP contribution in [0.2, 0.25) is 0 Å². The summed E-state index contributed by atoms with van der Waals surface area (Å²) in [5.74, 6) is 2.19. The number of nitrogens with one attached hydrogen (secondary N) is 1. The minimum atomic E-state index is 0.0756. The van der Waals surface area contributed by atoms with Crippen molar-refractivity contribution < 1.29 is 4.79 Å². The van der Waals surface area contributed by atoms with E-state index in [0.29, 0.717) is 0 Å². The maximum Gasteiger partial charge on any atom is 0.237 e. The first-order valence-electron chi connectivity index (χ1n) is 7.87. The molecular weight excluding hydrogens is 280 g/mol. The average Bonchev–Trinajstić information content (AvgIpc) is 2.72. The van der Waals surface area contributed by atoms with Gasteiger partial charge in [0.15, 0.2) is 0 Å². The molecule has 0 aromatic heterocycles. The maximum absolute atomic E-state index is 12.2. The molecule has 0 saturated carbocycles. The van der Waals surface area contributed by atoms with Crippen LogP contribution in [-0.2, 0) is 10.5 Å². The summed E-state index contributed by atoms with van der Waals surface area (Å²) in [5, 5.41) is 3.10. The number of carbonyl (C=O) groups is 1. The highest BCUT2D eigenvalue weighted by Gasteiger charge is 2.23. The molecule has 2 rings (SSSR count). The van der Waals surface area contributed by atoms with E-state index in [-0.39, 0.29) is 11.9 Å². The third-order valence-electron chi connectivity index (χ3n) is 3.98. The van der Waals surface area contributed by atoms with E-state index >= 15 is 0 Å². The Morgan fingerprint density at radius 3 is 2.90 bits per heavy atom. The molecule has 116 valence electrons. The zero-order chi connectivity index (χ0) is 14.9. The summed E-state index contributed by atoms with van der Waals surface area (Å²) in [6.07, 6.45) is 4.64. The van der Waals surface area contributed by atoms with Gasteiger partial charge in [0.05, 0.1) is 6.04 Å². The lowest BCUT2D eigenvalue weighted by Gasteiger charge is -2.24. The Kier molecular flexibility index (Phi) is 7.10. The fraction of sp³-hybridized carbons (Fsp3) is 0.588. The lowest BCUT2D eigenvalue weighted by molar-refractivity contribution is -0.125. The van der Waals surface area contributed by atoms with Gasteiger partial charge in [0, 0.05) is 18.1 Å². The van der Waals surface area contributed by atoms with E-state index in [2.05, 4.69) is 41.5 Å². The molecule has 0 radical (unpaired) electrons. The molecule has 1 amide bonds. The molecule has 21 heavy (non-hydrogen) atoms. The van der Waals surface area contributed by atoms with Gasteiger partial charge in [0.2, 0.25) is 5.91 Å². The zero-order valence-corrected chi connectivity index (χ0v) is 13.7. The molecule has 1 saturated heterocycles. The molecule has 1 atom stereocenters. The number of thioether (sulfide) groups is 1. The van der Waals surface area contributed by atoms with Gasteiger partial charge in [-0.15, -0.1) is 0 Å². The van der Waals surface area contributed by atoms with E-state index in [4.69, 9.17) is 0 Å². The van der Waals surface area contributed by atoms with E-state index in [1.54, 1.807) is 0 Å². The molecule has 1 aliphatic heterocycles. The summed E-state index contributed by atoms with van der Waals surface area (Å²) in [7, 11) is 2.07. The first kappa shape index (κ1) is 16.4. The van der Waals surface area contributed by atoms with Gasteiger partial charge < -0.3 is 5.32 Å². The molecule has 0 bridgehead atoms. The van der Waals surface area contributed by atoms with Gasteiger partial charge in [-0.25, -0.2) is 0 Å². The Morgan fingerprint density at radius 1 is 1.29 bits per heavy atom. The third-order valence-corrected chi connectivity index (χ3v) is 5.01. The topological polar surface area (TPSA) is 32.3 Å². The van der Waals surface area contributed by atoms with Gasteiger partial charge in [-0.1, -0.05) is 43.2 Å². The summed E-state index contributed by atoms with van der Waals surface area (Å²) in [4.78, 5) is 14.4. The zero-order valence-electron chi connectivity index (χ0n) is 12.9. The van der Waals surface area contributed by atoms with Crippen LogP contribution in [0, 0.1) is 0 Å². The maximum atomic E-state index is 12.2. The van der Waals surface area contributed by atoms with Crippen LogP contribution in [0.15, 0.2) is 30.3 Å². The van der Waals surface area contributed by atoms with Gasteiger partial charge in [-0.2, -0.15) is 11.8 Å². The predicted octanol–water partition coefficient (Wildman–Crippen LogP) is 2.91.